The Kier molecular flexibility index (Phi) is 9.32. The second kappa shape index (κ2) is 13.2. The summed E-state index contributed by atoms with van der Waals surface area (Å²) < 4.78 is 39.1. The molecule has 1 N–H and O–H groups in total. The van der Waals surface area contributed by atoms with Crippen LogP contribution in [-0.2, 0) is 23.2 Å². The van der Waals surface area contributed by atoms with E-state index < -0.39 is 23.8 Å². The third-order valence-electron chi connectivity index (χ3n) is 7.92. The number of aromatic nitrogens is 4. The number of benzene rings is 2. The number of rotatable bonds is 12. The second-order valence-electron chi connectivity index (χ2n) is 12.3. The lowest BCUT2D eigenvalue weighted by molar-refractivity contribution is -0.0505. The zero-order valence-electron chi connectivity index (χ0n) is 26.0. The van der Waals surface area contributed by atoms with Gasteiger partial charge in [0.05, 0.1) is 17.6 Å². The third kappa shape index (κ3) is 7.21. The minimum Gasteiger partial charge on any atom is -0.444 e. The van der Waals surface area contributed by atoms with Crippen molar-refractivity contribution in [1.82, 2.24) is 24.8 Å². The predicted molar refractivity (Wildman–Crippen MR) is 171 cm³/mol. The summed E-state index contributed by atoms with van der Waals surface area (Å²) in [5.41, 5.74) is 3.33. The smallest absolute Gasteiger partial charge is 0.408 e. The van der Waals surface area contributed by atoms with Crippen molar-refractivity contribution in [2.45, 2.75) is 83.6 Å². The number of fused-ring (bicyclic) bond motifs is 1. The highest BCUT2D eigenvalue weighted by molar-refractivity contribution is 5.82. The summed E-state index contributed by atoms with van der Waals surface area (Å²) in [6, 6.07) is 11.0. The molecule has 8 nitrogen and oxygen atoms in total. The number of halogens is 2. The van der Waals surface area contributed by atoms with Gasteiger partial charge in [-0.3, -0.25) is 0 Å². The molecule has 236 valence electrons. The van der Waals surface area contributed by atoms with Crippen molar-refractivity contribution < 1.29 is 23.0 Å². The molecule has 1 aliphatic rings. The first kappa shape index (κ1) is 31.8. The molecule has 1 saturated carbocycles. The number of carbonyl (C=O) groups is 1. The number of unbranched alkanes of at least 4 members (excludes halogenated alkanes) is 1. The molecule has 0 radical (unpaired) electrons. The summed E-state index contributed by atoms with van der Waals surface area (Å²) in [6.45, 7) is 10.5. The van der Waals surface area contributed by atoms with Gasteiger partial charge in [0, 0.05) is 29.9 Å². The lowest BCUT2D eigenvalue weighted by Gasteiger charge is -2.41. The molecule has 0 saturated heterocycles. The molecule has 0 unspecified atom stereocenters. The van der Waals surface area contributed by atoms with E-state index >= 15 is 0 Å². The second-order valence-corrected chi connectivity index (χ2v) is 12.3. The Balaban J connectivity index is 1.50. The summed E-state index contributed by atoms with van der Waals surface area (Å²) in [4.78, 5) is 26.8. The van der Waals surface area contributed by atoms with Crippen molar-refractivity contribution in [3.8, 4) is 16.9 Å². The van der Waals surface area contributed by atoms with Gasteiger partial charge in [-0.15, -0.1) is 6.58 Å². The van der Waals surface area contributed by atoms with E-state index in [1.165, 1.54) is 0 Å². The van der Waals surface area contributed by atoms with Gasteiger partial charge in [-0.05, 0) is 82.2 Å². The molecule has 1 fully saturated rings. The van der Waals surface area contributed by atoms with Gasteiger partial charge in [-0.25, -0.2) is 19.7 Å². The Morgan fingerprint density at radius 3 is 2.51 bits per heavy atom. The highest BCUT2D eigenvalue weighted by atomic mass is 19.3. The molecule has 1 aliphatic carbocycles. The average Bonchev–Trinajstić information content (AvgIpc) is 3.31. The van der Waals surface area contributed by atoms with Crippen LogP contribution in [0.15, 0.2) is 68.0 Å². The first-order valence-electron chi connectivity index (χ1n) is 15.1. The zero-order chi connectivity index (χ0) is 32.2. The SMILES string of the molecule is C=CCCCc1nc2ccc(-c3cnc(C4(NC(=O)OC(C)(C)C)CCC4)nc3)cc2n1Cc1c(C=C)cccc1OC(F)F. The lowest BCUT2D eigenvalue weighted by atomic mass is 9.76. The van der Waals surface area contributed by atoms with E-state index in [9.17, 15) is 13.6 Å². The fraction of sp³-hybridized carbons (Fsp3) is 0.371. The number of amides is 1. The summed E-state index contributed by atoms with van der Waals surface area (Å²) in [5, 5.41) is 3.00. The van der Waals surface area contributed by atoms with Crippen LogP contribution in [0.1, 0.15) is 75.7 Å². The van der Waals surface area contributed by atoms with Gasteiger partial charge >= 0.3 is 12.7 Å². The quantitative estimate of drug-likeness (QED) is 0.128. The molecule has 0 atom stereocenters. The van der Waals surface area contributed by atoms with Crippen LogP contribution in [0.5, 0.6) is 5.75 Å². The van der Waals surface area contributed by atoms with Crippen LogP contribution in [0, 0.1) is 0 Å². The van der Waals surface area contributed by atoms with Crippen LogP contribution < -0.4 is 10.1 Å². The van der Waals surface area contributed by atoms with Crippen LogP contribution in [0.3, 0.4) is 0 Å². The third-order valence-corrected chi connectivity index (χ3v) is 7.92. The summed E-state index contributed by atoms with van der Waals surface area (Å²) in [6.07, 6.45) is 11.3. The minimum atomic E-state index is -2.96. The van der Waals surface area contributed by atoms with Crippen molar-refractivity contribution in [3.63, 3.8) is 0 Å². The lowest BCUT2D eigenvalue weighted by Crippen LogP contribution is -2.53. The monoisotopic (exact) mass is 615 g/mol. The highest BCUT2D eigenvalue weighted by Crippen LogP contribution is 2.40. The van der Waals surface area contributed by atoms with Crippen LogP contribution in [-0.4, -0.2) is 37.8 Å². The number of ether oxygens (including phenoxy) is 2. The van der Waals surface area contributed by atoms with E-state index in [1.54, 1.807) is 30.6 Å². The van der Waals surface area contributed by atoms with Crippen molar-refractivity contribution in [3.05, 3.63) is 90.8 Å². The van der Waals surface area contributed by atoms with E-state index in [0.717, 1.165) is 60.1 Å². The van der Waals surface area contributed by atoms with Crippen LogP contribution >= 0.6 is 0 Å². The van der Waals surface area contributed by atoms with Gasteiger partial charge < -0.3 is 19.4 Å². The molecule has 0 spiro atoms. The Bertz CT molecular complexity index is 1690. The molecule has 2 heterocycles. The number of hydrogen-bond acceptors (Lipinski definition) is 6. The maximum atomic E-state index is 13.3. The van der Waals surface area contributed by atoms with Crippen LogP contribution in [0.4, 0.5) is 13.6 Å². The molecule has 0 aliphatic heterocycles. The van der Waals surface area contributed by atoms with Gasteiger partial charge in [0.15, 0.2) is 5.82 Å². The molecule has 2 aromatic carbocycles. The van der Waals surface area contributed by atoms with Gasteiger partial charge in [0.2, 0.25) is 0 Å². The van der Waals surface area contributed by atoms with E-state index in [0.29, 0.717) is 23.4 Å². The van der Waals surface area contributed by atoms with Crippen molar-refractivity contribution in [2.75, 3.05) is 0 Å². The number of carbonyl (C=O) groups excluding carboxylic acids is 1. The van der Waals surface area contributed by atoms with Gasteiger partial charge in [0.25, 0.3) is 0 Å². The molecule has 10 heteroatoms. The van der Waals surface area contributed by atoms with Crippen molar-refractivity contribution >= 4 is 23.2 Å². The maximum Gasteiger partial charge on any atom is 0.408 e. The molecule has 0 bridgehead atoms. The number of hydrogen-bond donors (Lipinski definition) is 1. The van der Waals surface area contributed by atoms with Crippen molar-refractivity contribution in [1.29, 1.82) is 0 Å². The van der Waals surface area contributed by atoms with Crippen LogP contribution in [0.2, 0.25) is 0 Å². The van der Waals surface area contributed by atoms with Crippen molar-refractivity contribution in [2.24, 2.45) is 0 Å². The summed E-state index contributed by atoms with van der Waals surface area (Å²) in [7, 11) is 0. The fourth-order valence-electron chi connectivity index (χ4n) is 5.59. The Morgan fingerprint density at radius 1 is 1.13 bits per heavy atom. The number of aryl methyl sites for hydroxylation is 1. The molecule has 45 heavy (non-hydrogen) atoms. The number of allylic oxidation sites excluding steroid dienone is 1. The number of nitrogens with zero attached hydrogens (tertiary/aromatic N) is 4. The zero-order valence-corrected chi connectivity index (χ0v) is 26.0. The Hall–Kier alpha value is -4.60. The standard InChI is InChI=1S/C35H39F2N5O3/c1-6-8-9-14-30-40-27-16-15-24(19-28(27)42(30)22-26-23(7-2)12-10-13-29(26)44-32(36)37)25-20-38-31(39-21-25)35(17-11-18-35)41-33(43)45-34(3,4)5/h6-7,10,12-13,15-16,19-21,32H,1-2,8-9,11,14,17-18,22H2,3-5H3,(H,41,43). The van der Waals surface area contributed by atoms with Crippen LogP contribution in [0.25, 0.3) is 28.2 Å². The van der Waals surface area contributed by atoms with E-state index in [2.05, 4.69) is 28.4 Å². The normalized spacial score (nSPS) is 14.2. The van der Waals surface area contributed by atoms with Gasteiger partial charge in [-0.2, -0.15) is 8.78 Å². The average molecular weight is 616 g/mol. The Morgan fingerprint density at radius 2 is 1.89 bits per heavy atom. The van der Waals surface area contributed by atoms with Gasteiger partial charge in [0.1, 0.15) is 22.7 Å². The number of nitrogens with one attached hydrogen (secondary N) is 1. The number of alkyl halides is 2. The van der Waals surface area contributed by atoms with E-state index in [1.807, 2.05) is 55.7 Å². The molecule has 5 rings (SSSR count). The predicted octanol–water partition coefficient (Wildman–Crippen LogP) is 8.20. The topological polar surface area (TPSA) is 91.2 Å². The van der Waals surface area contributed by atoms with E-state index in [-0.39, 0.29) is 12.3 Å². The largest absolute Gasteiger partial charge is 0.444 e. The highest BCUT2D eigenvalue weighted by Gasteiger charge is 2.43. The summed E-state index contributed by atoms with van der Waals surface area (Å²) >= 11 is 0. The first-order valence-corrected chi connectivity index (χ1v) is 15.1. The summed E-state index contributed by atoms with van der Waals surface area (Å²) in [5.74, 6) is 1.48. The Labute approximate surface area is 262 Å². The molecule has 4 aromatic rings. The first-order chi connectivity index (χ1) is 21.5. The molecule has 1 amide bonds. The molecule has 2 aromatic heterocycles. The molecular formula is C35H39F2N5O3. The minimum absolute atomic E-state index is 0.103. The maximum absolute atomic E-state index is 13.3. The number of alkyl carbamates (subject to hydrolysis) is 1. The fourth-order valence-corrected chi connectivity index (χ4v) is 5.59. The molecular weight excluding hydrogens is 576 g/mol. The van der Waals surface area contributed by atoms with Gasteiger partial charge in [-0.1, -0.05) is 36.9 Å². The number of imidazole rings is 1. The van der Waals surface area contributed by atoms with E-state index in [4.69, 9.17) is 14.5 Å².